The summed E-state index contributed by atoms with van der Waals surface area (Å²) in [4.78, 5) is 19.2. The predicted molar refractivity (Wildman–Crippen MR) is 172 cm³/mol. The highest BCUT2D eigenvalue weighted by Crippen LogP contribution is 2.56. The highest BCUT2D eigenvalue weighted by molar-refractivity contribution is 6.36. The number of aryl methyl sites for hydroxylation is 1. The summed E-state index contributed by atoms with van der Waals surface area (Å²) >= 11 is 7.19. The minimum atomic E-state index is -0.294. The number of hydrogen-bond donors (Lipinski definition) is 1. The minimum absolute atomic E-state index is 0.0226. The highest BCUT2D eigenvalue weighted by atomic mass is 35.5. The molecule has 1 N–H and O–H groups in total. The molecule has 4 fully saturated rings. The van der Waals surface area contributed by atoms with Gasteiger partial charge in [0.05, 0.1) is 34.9 Å². The quantitative estimate of drug-likeness (QED) is 0.381. The molecule has 7 rings (SSSR count). The van der Waals surface area contributed by atoms with Crippen LogP contribution in [0, 0.1) is 19.3 Å². The van der Waals surface area contributed by atoms with Crippen molar-refractivity contribution in [3.05, 3.63) is 41.2 Å². The van der Waals surface area contributed by atoms with Crippen LogP contribution in [0.2, 0.25) is 5.02 Å². The van der Waals surface area contributed by atoms with E-state index in [1.165, 1.54) is 6.08 Å². The molecule has 44 heavy (non-hydrogen) atoms. The number of aromatic nitrogens is 4. The van der Waals surface area contributed by atoms with Gasteiger partial charge in [-0.1, -0.05) is 18.2 Å². The van der Waals surface area contributed by atoms with E-state index in [4.69, 9.17) is 26.2 Å². The predicted octanol–water partition coefficient (Wildman–Crippen LogP) is 4.75. The van der Waals surface area contributed by atoms with Crippen LogP contribution in [0.1, 0.15) is 49.9 Å². The van der Waals surface area contributed by atoms with Crippen molar-refractivity contribution in [2.24, 2.45) is 5.41 Å². The van der Waals surface area contributed by atoms with Crippen molar-refractivity contribution in [3.63, 3.8) is 0 Å². The van der Waals surface area contributed by atoms with Crippen LogP contribution in [0.5, 0.6) is 0 Å². The number of benzene rings is 1. The Bertz CT molecular complexity index is 1580. The second-order valence-electron chi connectivity index (χ2n) is 13.8. The summed E-state index contributed by atoms with van der Waals surface area (Å²) in [7, 11) is 1.79. The molecule has 1 amide bonds. The SMILES string of the molecule is C=CC(=O)N1CC2(CC(n3nc(N4CCN(C5CCOCC5)C[C@]4(C)COC)c(-c4c(Cl)c(C)cc5[nH]ncc45)c3C)C2)C1. The molecule has 1 aliphatic carbocycles. The third kappa shape index (κ3) is 4.76. The topological polar surface area (TPSA) is 91.8 Å². The van der Waals surface area contributed by atoms with Crippen molar-refractivity contribution in [2.45, 2.75) is 64.1 Å². The zero-order valence-corrected chi connectivity index (χ0v) is 27.1. The van der Waals surface area contributed by atoms with Gasteiger partial charge in [0.1, 0.15) is 0 Å². The molecule has 2 aromatic heterocycles. The maximum absolute atomic E-state index is 12.1. The van der Waals surface area contributed by atoms with Crippen molar-refractivity contribution >= 4 is 34.2 Å². The summed E-state index contributed by atoms with van der Waals surface area (Å²) < 4.78 is 13.8. The summed E-state index contributed by atoms with van der Waals surface area (Å²) in [5, 5.41) is 14.8. The number of piperazine rings is 1. The number of carbonyl (C=O) groups is 1. The van der Waals surface area contributed by atoms with Gasteiger partial charge in [-0.2, -0.15) is 10.2 Å². The number of methoxy groups -OCH3 is 1. The van der Waals surface area contributed by atoms with Crippen LogP contribution in [-0.4, -0.2) is 107 Å². The molecule has 5 heterocycles. The molecule has 1 aromatic carbocycles. The summed E-state index contributed by atoms with van der Waals surface area (Å²) in [6.07, 6.45) is 7.44. The van der Waals surface area contributed by atoms with Crippen LogP contribution < -0.4 is 4.90 Å². The molecule has 10 nitrogen and oxygen atoms in total. The molecule has 11 heteroatoms. The zero-order chi connectivity index (χ0) is 30.8. The number of nitrogens with one attached hydrogen (secondary N) is 1. The fourth-order valence-electron chi connectivity index (χ4n) is 8.46. The molecule has 1 spiro atoms. The standard InChI is InChI=1S/C33H44ClN7O3/c1-6-27(42)39-18-33(19-39)14-24(15-33)41-22(3)28(29-25-16-35-36-26(25)13-21(2)30(29)34)31(37-41)40-10-9-38(17-32(40,4)20-43-5)23-7-11-44-12-8-23/h6,13,16,23-24H,1,7-12,14-15,17-20H2,2-5H3,(H,35,36)/t32-/m1/s1. The molecular formula is C33H44ClN7O3. The van der Waals surface area contributed by atoms with Crippen LogP contribution >= 0.6 is 11.6 Å². The van der Waals surface area contributed by atoms with Gasteiger partial charge in [0.25, 0.3) is 0 Å². The Morgan fingerprint density at radius 1 is 1.18 bits per heavy atom. The van der Waals surface area contributed by atoms with Crippen LogP contribution in [-0.2, 0) is 14.3 Å². The maximum atomic E-state index is 12.1. The molecule has 0 unspecified atom stereocenters. The number of aromatic amines is 1. The Kier molecular flexibility index (Phi) is 7.55. The number of H-pyrrole nitrogens is 1. The number of ether oxygens (including phenoxy) is 2. The van der Waals surface area contributed by atoms with Gasteiger partial charge in [-0.05, 0) is 64.2 Å². The number of rotatable bonds is 7. The first kappa shape index (κ1) is 29.8. The molecule has 3 aliphatic heterocycles. The first-order valence-electron chi connectivity index (χ1n) is 15.9. The summed E-state index contributed by atoms with van der Waals surface area (Å²) in [6, 6.07) is 2.86. The maximum Gasteiger partial charge on any atom is 0.245 e. The minimum Gasteiger partial charge on any atom is -0.382 e. The van der Waals surface area contributed by atoms with E-state index < -0.39 is 0 Å². The molecule has 3 aromatic rings. The molecule has 236 valence electrons. The van der Waals surface area contributed by atoms with Crippen LogP contribution in [0.25, 0.3) is 22.0 Å². The number of halogens is 1. The average molecular weight is 622 g/mol. The van der Waals surface area contributed by atoms with E-state index in [0.29, 0.717) is 12.6 Å². The van der Waals surface area contributed by atoms with Crippen molar-refractivity contribution in [2.75, 3.05) is 64.6 Å². The molecule has 3 saturated heterocycles. The zero-order valence-electron chi connectivity index (χ0n) is 26.4. The van der Waals surface area contributed by atoms with Gasteiger partial charge in [0, 0.05) is 86.7 Å². The van der Waals surface area contributed by atoms with Gasteiger partial charge < -0.3 is 19.3 Å². The van der Waals surface area contributed by atoms with Crippen LogP contribution in [0.4, 0.5) is 5.82 Å². The van der Waals surface area contributed by atoms with Gasteiger partial charge in [0.2, 0.25) is 5.91 Å². The second-order valence-corrected chi connectivity index (χ2v) is 14.2. The smallest absolute Gasteiger partial charge is 0.245 e. The van der Waals surface area contributed by atoms with Gasteiger partial charge in [-0.25, -0.2) is 0 Å². The van der Waals surface area contributed by atoms with E-state index in [0.717, 1.165) is 116 Å². The van der Waals surface area contributed by atoms with Gasteiger partial charge in [-0.3, -0.25) is 19.5 Å². The van der Waals surface area contributed by atoms with Crippen LogP contribution in [0.3, 0.4) is 0 Å². The van der Waals surface area contributed by atoms with Crippen molar-refractivity contribution < 1.29 is 14.3 Å². The van der Waals surface area contributed by atoms with E-state index in [2.05, 4.69) is 58.1 Å². The Morgan fingerprint density at radius 2 is 1.93 bits per heavy atom. The van der Waals surface area contributed by atoms with Crippen molar-refractivity contribution in [1.29, 1.82) is 0 Å². The lowest BCUT2D eigenvalue weighted by Crippen LogP contribution is -2.65. The number of likely N-dealkylation sites (tertiary alicyclic amines) is 1. The van der Waals surface area contributed by atoms with E-state index in [-0.39, 0.29) is 22.9 Å². The molecule has 4 aliphatic rings. The lowest BCUT2D eigenvalue weighted by atomic mass is 9.60. The first-order valence-corrected chi connectivity index (χ1v) is 16.3. The number of hydrogen-bond acceptors (Lipinski definition) is 7. The highest BCUT2D eigenvalue weighted by Gasteiger charge is 2.55. The van der Waals surface area contributed by atoms with E-state index in [9.17, 15) is 4.79 Å². The second kappa shape index (κ2) is 11.2. The third-order valence-electron chi connectivity index (χ3n) is 10.7. The molecule has 1 atom stereocenters. The Morgan fingerprint density at radius 3 is 2.64 bits per heavy atom. The number of fused-ring (bicyclic) bond motifs is 1. The largest absolute Gasteiger partial charge is 0.382 e. The number of nitrogens with zero attached hydrogens (tertiary/aromatic N) is 6. The van der Waals surface area contributed by atoms with Gasteiger partial charge in [0.15, 0.2) is 5.82 Å². The van der Waals surface area contributed by atoms with E-state index in [1.807, 2.05) is 11.1 Å². The summed E-state index contributed by atoms with van der Waals surface area (Å²) in [6.45, 7) is 16.7. The lowest BCUT2D eigenvalue weighted by molar-refractivity contribution is -0.149. The molecule has 0 bridgehead atoms. The number of amides is 1. The van der Waals surface area contributed by atoms with Gasteiger partial charge in [-0.15, -0.1) is 0 Å². The van der Waals surface area contributed by atoms with Crippen molar-refractivity contribution in [3.8, 4) is 11.1 Å². The lowest BCUT2D eigenvalue weighted by Gasteiger charge is -2.58. The summed E-state index contributed by atoms with van der Waals surface area (Å²) in [5.41, 5.74) is 5.03. The Hall–Kier alpha value is -2.92. The first-order chi connectivity index (χ1) is 21.2. The van der Waals surface area contributed by atoms with Crippen molar-refractivity contribution in [1.82, 2.24) is 29.8 Å². The van der Waals surface area contributed by atoms with E-state index >= 15 is 0 Å². The summed E-state index contributed by atoms with van der Waals surface area (Å²) in [5.74, 6) is 0.983. The number of anilines is 1. The Balaban J connectivity index is 1.29. The normalized spacial score (nSPS) is 24.6. The molecule has 0 radical (unpaired) electrons. The van der Waals surface area contributed by atoms with Gasteiger partial charge >= 0.3 is 0 Å². The third-order valence-corrected chi connectivity index (χ3v) is 11.2. The van der Waals surface area contributed by atoms with E-state index in [1.54, 1.807) is 7.11 Å². The number of carbonyl (C=O) groups excluding carboxylic acids is 1. The monoisotopic (exact) mass is 621 g/mol. The molecule has 1 saturated carbocycles. The fraction of sp³-hybridized carbons (Fsp3) is 0.606. The fourth-order valence-corrected chi connectivity index (χ4v) is 8.71. The van der Waals surface area contributed by atoms with Crippen LogP contribution in [0.15, 0.2) is 24.9 Å². The average Bonchev–Trinajstić information content (AvgIpc) is 3.56. The molecular weight excluding hydrogens is 578 g/mol. The Labute approximate surface area is 264 Å².